The van der Waals surface area contributed by atoms with Crippen LogP contribution in [0.3, 0.4) is 0 Å². The van der Waals surface area contributed by atoms with Crippen LogP contribution in [0.2, 0.25) is 0 Å². The molecule has 0 bridgehead atoms. The van der Waals surface area contributed by atoms with Crippen molar-refractivity contribution in [2.45, 2.75) is 57.5 Å². The summed E-state index contributed by atoms with van der Waals surface area (Å²) >= 11 is 0. The summed E-state index contributed by atoms with van der Waals surface area (Å²) in [6.45, 7) is 1.32. The SMILES string of the molecule is CC(=O)N[C@@H](Cc1ccc(F)cc1)C(=O)N[C@@H](C(N)=O)C1CCCCC1. The van der Waals surface area contributed by atoms with E-state index in [9.17, 15) is 18.8 Å². The van der Waals surface area contributed by atoms with Crippen LogP contribution in [0.25, 0.3) is 0 Å². The maximum absolute atomic E-state index is 13.1. The Kier molecular flexibility index (Phi) is 7.12. The molecular weight excluding hydrogens is 337 g/mol. The number of hydrogen-bond acceptors (Lipinski definition) is 3. The highest BCUT2D eigenvalue weighted by Crippen LogP contribution is 2.26. The van der Waals surface area contributed by atoms with Gasteiger partial charge in [0.1, 0.15) is 17.9 Å². The van der Waals surface area contributed by atoms with Crippen molar-refractivity contribution in [3.05, 3.63) is 35.6 Å². The number of halogens is 1. The lowest BCUT2D eigenvalue weighted by Crippen LogP contribution is -2.56. The van der Waals surface area contributed by atoms with E-state index < -0.39 is 23.9 Å². The van der Waals surface area contributed by atoms with Crippen molar-refractivity contribution in [2.75, 3.05) is 0 Å². The first-order chi connectivity index (χ1) is 12.4. The predicted octanol–water partition coefficient (Wildman–Crippen LogP) is 1.42. The van der Waals surface area contributed by atoms with Crippen LogP contribution in [-0.2, 0) is 20.8 Å². The highest BCUT2D eigenvalue weighted by atomic mass is 19.1. The zero-order valence-electron chi connectivity index (χ0n) is 15.0. The fourth-order valence-electron chi connectivity index (χ4n) is 3.45. The number of nitrogens with two attached hydrogens (primary N) is 1. The van der Waals surface area contributed by atoms with Crippen LogP contribution in [0.5, 0.6) is 0 Å². The molecule has 0 spiro atoms. The molecule has 1 aromatic rings. The standard InChI is InChI=1S/C19H26FN3O3/c1-12(24)22-16(11-13-7-9-15(20)10-8-13)19(26)23-17(18(21)25)14-5-3-2-4-6-14/h7-10,14,16-17H,2-6,11H2,1H3,(H2,21,25)(H,22,24)(H,23,26)/t16-,17+/m0/s1. The maximum Gasteiger partial charge on any atom is 0.243 e. The average molecular weight is 363 g/mol. The van der Waals surface area contributed by atoms with Crippen molar-refractivity contribution >= 4 is 17.7 Å². The van der Waals surface area contributed by atoms with Gasteiger partial charge in [-0.1, -0.05) is 31.4 Å². The van der Waals surface area contributed by atoms with E-state index in [-0.39, 0.29) is 24.1 Å². The van der Waals surface area contributed by atoms with Crippen molar-refractivity contribution in [1.82, 2.24) is 10.6 Å². The molecule has 26 heavy (non-hydrogen) atoms. The molecule has 1 aliphatic carbocycles. The number of carbonyl (C=O) groups is 3. The van der Waals surface area contributed by atoms with Crippen LogP contribution >= 0.6 is 0 Å². The Morgan fingerprint density at radius 2 is 1.73 bits per heavy atom. The zero-order chi connectivity index (χ0) is 19.1. The minimum Gasteiger partial charge on any atom is -0.368 e. The van der Waals surface area contributed by atoms with Gasteiger partial charge in [0.25, 0.3) is 0 Å². The van der Waals surface area contributed by atoms with Gasteiger partial charge in [-0.05, 0) is 36.5 Å². The lowest BCUT2D eigenvalue weighted by molar-refractivity contribution is -0.131. The first-order valence-corrected chi connectivity index (χ1v) is 8.98. The Labute approximate surface area is 152 Å². The number of hydrogen-bond donors (Lipinski definition) is 3. The molecule has 0 aliphatic heterocycles. The Morgan fingerprint density at radius 1 is 1.12 bits per heavy atom. The van der Waals surface area contributed by atoms with Gasteiger partial charge in [-0.2, -0.15) is 0 Å². The van der Waals surface area contributed by atoms with E-state index >= 15 is 0 Å². The molecule has 1 fully saturated rings. The molecule has 142 valence electrons. The second-order valence-electron chi connectivity index (χ2n) is 6.87. The molecule has 7 heteroatoms. The monoisotopic (exact) mass is 363 g/mol. The molecule has 0 heterocycles. The van der Waals surface area contributed by atoms with E-state index in [0.717, 1.165) is 32.1 Å². The number of rotatable bonds is 7. The summed E-state index contributed by atoms with van der Waals surface area (Å²) in [6.07, 6.45) is 5.02. The highest BCUT2D eigenvalue weighted by Gasteiger charge is 2.31. The van der Waals surface area contributed by atoms with Crippen LogP contribution in [0.15, 0.2) is 24.3 Å². The summed E-state index contributed by atoms with van der Waals surface area (Å²) in [5.41, 5.74) is 6.21. The topological polar surface area (TPSA) is 101 Å². The van der Waals surface area contributed by atoms with E-state index in [4.69, 9.17) is 5.73 Å². The number of benzene rings is 1. The second-order valence-corrected chi connectivity index (χ2v) is 6.87. The molecule has 0 saturated heterocycles. The summed E-state index contributed by atoms with van der Waals surface area (Å²) in [6, 6.07) is 4.11. The third-order valence-electron chi connectivity index (χ3n) is 4.77. The van der Waals surface area contributed by atoms with Crippen molar-refractivity contribution in [2.24, 2.45) is 11.7 Å². The van der Waals surface area contributed by atoms with Gasteiger partial charge in [0.2, 0.25) is 17.7 Å². The quantitative estimate of drug-likeness (QED) is 0.683. The van der Waals surface area contributed by atoms with Gasteiger partial charge >= 0.3 is 0 Å². The average Bonchev–Trinajstić information content (AvgIpc) is 2.61. The van der Waals surface area contributed by atoms with Gasteiger partial charge in [0.05, 0.1) is 0 Å². The van der Waals surface area contributed by atoms with Crippen LogP contribution in [-0.4, -0.2) is 29.8 Å². The fraction of sp³-hybridized carbons (Fsp3) is 0.526. The molecule has 0 unspecified atom stereocenters. The molecule has 4 N–H and O–H groups in total. The predicted molar refractivity (Wildman–Crippen MR) is 95.4 cm³/mol. The molecule has 2 atom stereocenters. The molecule has 1 aliphatic rings. The molecule has 0 radical (unpaired) electrons. The van der Waals surface area contributed by atoms with E-state index in [1.165, 1.54) is 19.1 Å². The van der Waals surface area contributed by atoms with Crippen LogP contribution in [0.1, 0.15) is 44.6 Å². The van der Waals surface area contributed by atoms with Crippen LogP contribution in [0, 0.1) is 11.7 Å². The molecule has 1 aromatic carbocycles. The minimum atomic E-state index is -0.858. The van der Waals surface area contributed by atoms with Crippen molar-refractivity contribution < 1.29 is 18.8 Å². The molecule has 0 aromatic heterocycles. The van der Waals surface area contributed by atoms with E-state index in [1.807, 2.05) is 0 Å². The number of nitrogens with one attached hydrogen (secondary N) is 2. The Morgan fingerprint density at radius 3 is 2.27 bits per heavy atom. The maximum atomic E-state index is 13.1. The fourth-order valence-corrected chi connectivity index (χ4v) is 3.45. The second kappa shape index (κ2) is 9.31. The first-order valence-electron chi connectivity index (χ1n) is 8.98. The normalized spacial score (nSPS) is 17.2. The van der Waals surface area contributed by atoms with Gasteiger partial charge in [0.15, 0.2) is 0 Å². The lowest BCUT2D eigenvalue weighted by Gasteiger charge is -2.30. The van der Waals surface area contributed by atoms with Gasteiger partial charge < -0.3 is 16.4 Å². The first kappa shape index (κ1) is 19.9. The van der Waals surface area contributed by atoms with Gasteiger partial charge in [-0.25, -0.2) is 4.39 Å². The Hall–Kier alpha value is -2.44. The minimum absolute atomic E-state index is 0.0222. The largest absolute Gasteiger partial charge is 0.368 e. The third-order valence-corrected chi connectivity index (χ3v) is 4.77. The smallest absolute Gasteiger partial charge is 0.243 e. The number of amides is 3. The van der Waals surface area contributed by atoms with Crippen molar-refractivity contribution in [1.29, 1.82) is 0 Å². The summed E-state index contributed by atoms with van der Waals surface area (Å²) in [7, 11) is 0. The molecular formula is C19H26FN3O3. The molecule has 1 saturated carbocycles. The van der Waals surface area contributed by atoms with Crippen LogP contribution < -0.4 is 16.4 Å². The highest BCUT2D eigenvalue weighted by molar-refractivity contribution is 5.91. The third kappa shape index (κ3) is 5.82. The molecule has 6 nitrogen and oxygen atoms in total. The summed E-state index contributed by atoms with van der Waals surface area (Å²) in [5.74, 6) is -1.73. The van der Waals surface area contributed by atoms with Crippen molar-refractivity contribution in [3.8, 4) is 0 Å². The summed E-state index contributed by atoms with van der Waals surface area (Å²) in [4.78, 5) is 36.0. The Balaban J connectivity index is 2.09. The van der Waals surface area contributed by atoms with Crippen LogP contribution in [0.4, 0.5) is 4.39 Å². The van der Waals surface area contributed by atoms with Gasteiger partial charge in [-0.15, -0.1) is 0 Å². The zero-order valence-corrected chi connectivity index (χ0v) is 15.0. The Bertz CT molecular complexity index is 642. The van der Waals surface area contributed by atoms with E-state index in [2.05, 4.69) is 10.6 Å². The lowest BCUT2D eigenvalue weighted by atomic mass is 9.83. The summed E-state index contributed by atoms with van der Waals surface area (Å²) < 4.78 is 13.1. The van der Waals surface area contributed by atoms with E-state index in [1.54, 1.807) is 12.1 Å². The molecule has 3 amide bonds. The van der Waals surface area contributed by atoms with Gasteiger partial charge in [0, 0.05) is 13.3 Å². The van der Waals surface area contributed by atoms with E-state index in [0.29, 0.717) is 5.56 Å². The number of primary amides is 1. The summed E-state index contributed by atoms with van der Waals surface area (Å²) in [5, 5.41) is 5.31. The van der Waals surface area contributed by atoms with Gasteiger partial charge in [-0.3, -0.25) is 14.4 Å². The number of carbonyl (C=O) groups excluding carboxylic acids is 3. The van der Waals surface area contributed by atoms with Crippen molar-refractivity contribution in [3.63, 3.8) is 0 Å². The molecule has 2 rings (SSSR count).